The molecule has 0 amide bonds. The lowest BCUT2D eigenvalue weighted by Gasteiger charge is -2.14. The molecule has 0 radical (unpaired) electrons. The quantitative estimate of drug-likeness (QED) is 0.772. The molecule has 2 heteroatoms. The maximum absolute atomic E-state index is 2.41. The maximum Gasteiger partial charge on any atom is 0.0242 e. The van der Waals surface area contributed by atoms with Crippen LogP contribution in [0, 0.1) is 5.92 Å². The molecule has 0 saturated carbocycles. The van der Waals surface area contributed by atoms with Gasteiger partial charge in [0.25, 0.3) is 0 Å². The van der Waals surface area contributed by atoms with Gasteiger partial charge in [0.05, 0.1) is 0 Å². The standard InChI is InChI=1S/C14H21NS/c1-11(2)8-12-4-5-14-13(9-12)10-15(3)6-7-16-14/h4-5,9,11H,6-8,10H2,1-3H3. The Bertz CT molecular complexity index is 360. The van der Waals surface area contributed by atoms with Crippen molar-refractivity contribution in [3.63, 3.8) is 0 Å². The summed E-state index contributed by atoms with van der Waals surface area (Å²) in [4.78, 5) is 3.90. The van der Waals surface area contributed by atoms with E-state index in [9.17, 15) is 0 Å². The van der Waals surface area contributed by atoms with Gasteiger partial charge in [-0.25, -0.2) is 0 Å². The first-order valence-corrected chi connectivity index (χ1v) is 7.07. The van der Waals surface area contributed by atoms with Crippen LogP contribution in [0.4, 0.5) is 0 Å². The summed E-state index contributed by atoms with van der Waals surface area (Å²) in [6, 6.07) is 7.03. The summed E-state index contributed by atoms with van der Waals surface area (Å²) in [5.74, 6) is 1.96. The van der Waals surface area contributed by atoms with Crippen molar-refractivity contribution in [2.24, 2.45) is 5.92 Å². The van der Waals surface area contributed by atoms with Gasteiger partial charge in [0, 0.05) is 23.7 Å². The Balaban J connectivity index is 2.22. The van der Waals surface area contributed by atoms with Gasteiger partial charge in [0.15, 0.2) is 0 Å². The van der Waals surface area contributed by atoms with Gasteiger partial charge in [-0.1, -0.05) is 26.0 Å². The molecule has 0 saturated heterocycles. The Morgan fingerprint density at radius 3 is 2.94 bits per heavy atom. The van der Waals surface area contributed by atoms with Gasteiger partial charge < -0.3 is 4.90 Å². The van der Waals surface area contributed by atoms with Gasteiger partial charge in [-0.3, -0.25) is 0 Å². The van der Waals surface area contributed by atoms with E-state index in [-0.39, 0.29) is 0 Å². The van der Waals surface area contributed by atoms with Crippen LogP contribution in [-0.2, 0) is 13.0 Å². The van der Waals surface area contributed by atoms with Crippen molar-refractivity contribution in [2.75, 3.05) is 19.3 Å². The molecule has 0 unspecified atom stereocenters. The predicted molar refractivity (Wildman–Crippen MR) is 72.0 cm³/mol. The second-order valence-electron chi connectivity index (χ2n) is 5.13. The van der Waals surface area contributed by atoms with Gasteiger partial charge in [0.2, 0.25) is 0 Å². The fourth-order valence-corrected chi connectivity index (χ4v) is 3.27. The van der Waals surface area contributed by atoms with E-state index in [1.54, 1.807) is 0 Å². The van der Waals surface area contributed by atoms with Crippen LogP contribution in [-0.4, -0.2) is 24.2 Å². The predicted octanol–water partition coefficient (Wildman–Crippen LogP) is 3.42. The number of hydrogen-bond donors (Lipinski definition) is 0. The van der Waals surface area contributed by atoms with Crippen LogP contribution < -0.4 is 0 Å². The number of rotatable bonds is 2. The molecule has 16 heavy (non-hydrogen) atoms. The van der Waals surface area contributed by atoms with Crippen molar-refractivity contribution in [1.29, 1.82) is 0 Å². The molecule has 88 valence electrons. The fourth-order valence-electron chi connectivity index (χ4n) is 2.18. The number of fused-ring (bicyclic) bond motifs is 1. The van der Waals surface area contributed by atoms with E-state index in [4.69, 9.17) is 0 Å². The van der Waals surface area contributed by atoms with Crippen molar-refractivity contribution in [3.05, 3.63) is 29.3 Å². The van der Waals surface area contributed by atoms with Crippen LogP contribution in [0.15, 0.2) is 23.1 Å². The first-order chi connectivity index (χ1) is 7.65. The molecular formula is C14H21NS. The highest BCUT2D eigenvalue weighted by Crippen LogP contribution is 2.28. The lowest BCUT2D eigenvalue weighted by molar-refractivity contribution is 0.349. The van der Waals surface area contributed by atoms with Crippen LogP contribution in [0.5, 0.6) is 0 Å². The number of thioether (sulfide) groups is 1. The number of nitrogens with zero attached hydrogens (tertiary/aromatic N) is 1. The minimum Gasteiger partial charge on any atom is -0.301 e. The zero-order valence-electron chi connectivity index (χ0n) is 10.5. The summed E-state index contributed by atoms with van der Waals surface area (Å²) in [5, 5.41) is 0. The summed E-state index contributed by atoms with van der Waals surface area (Å²) in [5.41, 5.74) is 3.01. The smallest absolute Gasteiger partial charge is 0.0242 e. The van der Waals surface area contributed by atoms with Crippen molar-refractivity contribution in [1.82, 2.24) is 4.90 Å². The van der Waals surface area contributed by atoms with E-state index in [0.717, 1.165) is 12.5 Å². The molecule has 0 aromatic heterocycles. The van der Waals surface area contributed by atoms with Crippen molar-refractivity contribution < 1.29 is 0 Å². The maximum atomic E-state index is 2.41. The molecule has 1 aromatic rings. The van der Waals surface area contributed by atoms with Crippen LogP contribution >= 0.6 is 11.8 Å². The van der Waals surface area contributed by atoms with Crippen LogP contribution in [0.1, 0.15) is 25.0 Å². The Morgan fingerprint density at radius 1 is 1.38 bits per heavy atom. The summed E-state index contributed by atoms with van der Waals surface area (Å²) in [6.45, 7) is 6.87. The average molecular weight is 235 g/mol. The molecule has 0 spiro atoms. The highest BCUT2D eigenvalue weighted by Gasteiger charge is 2.12. The fraction of sp³-hybridized carbons (Fsp3) is 0.571. The highest BCUT2D eigenvalue weighted by molar-refractivity contribution is 7.99. The number of hydrogen-bond acceptors (Lipinski definition) is 2. The van der Waals surface area contributed by atoms with Crippen molar-refractivity contribution in [3.8, 4) is 0 Å². The third-order valence-corrected chi connectivity index (χ3v) is 4.04. The molecule has 0 aliphatic carbocycles. The third kappa shape index (κ3) is 3.02. The molecule has 1 nitrogen and oxygen atoms in total. The largest absolute Gasteiger partial charge is 0.301 e. The SMILES string of the molecule is CC(C)Cc1ccc2c(c1)CN(C)CCS2. The van der Waals surface area contributed by atoms with E-state index >= 15 is 0 Å². The molecule has 1 aliphatic heterocycles. The van der Waals surface area contributed by atoms with Gasteiger partial charge in [-0.2, -0.15) is 0 Å². The third-order valence-electron chi connectivity index (χ3n) is 2.94. The van der Waals surface area contributed by atoms with Crippen molar-refractivity contribution in [2.45, 2.75) is 31.7 Å². The van der Waals surface area contributed by atoms with Crippen molar-refractivity contribution >= 4 is 11.8 Å². The van der Waals surface area contributed by atoms with E-state index in [0.29, 0.717) is 0 Å². The average Bonchev–Trinajstić information content (AvgIpc) is 2.37. The highest BCUT2D eigenvalue weighted by atomic mass is 32.2. The Kier molecular flexibility index (Phi) is 3.93. The zero-order valence-corrected chi connectivity index (χ0v) is 11.3. The van der Waals surface area contributed by atoms with Gasteiger partial charge in [-0.15, -0.1) is 11.8 Å². The van der Waals surface area contributed by atoms with Gasteiger partial charge >= 0.3 is 0 Å². The molecular weight excluding hydrogens is 214 g/mol. The minimum absolute atomic E-state index is 0.745. The van der Waals surface area contributed by atoms with E-state index in [1.165, 1.54) is 34.7 Å². The molecule has 0 N–H and O–H groups in total. The monoisotopic (exact) mass is 235 g/mol. The second kappa shape index (κ2) is 5.24. The molecule has 0 atom stereocenters. The topological polar surface area (TPSA) is 3.24 Å². The molecule has 0 bridgehead atoms. The van der Waals surface area contributed by atoms with Crippen LogP contribution in [0.25, 0.3) is 0 Å². The van der Waals surface area contributed by atoms with E-state index < -0.39 is 0 Å². The zero-order chi connectivity index (χ0) is 11.5. The van der Waals surface area contributed by atoms with Crippen LogP contribution in [0.2, 0.25) is 0 Å². The first kappa shape index (κ1) is 12.0. The Labute approximate surface area is 103 Å². The summed E-state index contributed by atoms with van der Waals surface area (Å²) in [6.07, 6.45) is 1.20. The summed E-state index contributed by atoms with van der Waals surface area (Å²) in [7, 11) is 2.21. The first-order valence-electron chi connectivity index (χ1n) is 6.08. The van der Waals surface area contributed by atoms with E-state index in [2.05, 4.69) is 44.0 Å². The molecule has 1 heterocycles. The summed E-state index contributed by atoms with van der Waals surface area (Å²) < 4.78 is 0. The Morgan fingerprint density at radius 2 is 2.19 bits per heavy atom. The van der Waals surface area contributed by atoms with Gasteiger partial charge in [-0.05, 0) is 36.6 Å². The van der Waals surface area contributed by atoms with E-state index in [1.807, 2.05) is 11.8 Å². The lowest BCUT2D eigenvalue weighted by atomic mass is 10.0. The summed E-state index contributed by atoms with van der Waals surface area (Å²) >= 11 is 2.00. The number of benzene rings is 1. The second-order valence-corrected chi connectivity index (χ2v) is 6.26. The van der Waals surface area contributed by atoms with Crippen LogP contribution in [0.3, 0.4) is 0 Å². The molecule has 2 rings (SSSR count). The van der Waals surface area contributed by atoms with Gasteiger partial charge in [0.1, 0.15) is 0 Å². The minimum atomic E-state index is 0.745. The Hall–Kier alpha value is -0.470. The normalized spacial score (nSPS) is 17.2. The molecule has 1 aromatic carbocycles. The molecule has 0 fully saturated rings. The molecule has 1 aliphatic rings. The lowest BCUT2D eigenvalue weighted by Crippen LogP contribution is -2.18.